The highest BCUT2D eigenvalue weighted by atomic mass is 127. The lowest BCUT2D eigenvalue weighted by atomic mass is 10.0. The summed E-state index contributed by atoms with van der Waals surface area (Å²) in [4.78, 5) is 22.0. The van der Waals surface area contributed by atoms with Crippen molar-refractivity contribution in [3.8, 4) is 0 Å². The lowest BCUT2D eigenvalue weighted by Crippen LogP contribution is -2.50. The Kier molecular flexibility index (Phi) is 12.7. The van der Waals surface area contributed by atoms with Crippen LogP contribution in [0.5, 0.6) is 0 Å². The topological polar surface area (TPSA) is 87.6 Å². The number of alkyl carbamates (subject to hydrolysis) is 1. The van der Waals surface area contributed by atoms with E-state index in [1.807, 2.05) is 27.0 Å². The molecule has 0 aliphatic heterocycles. The zero-order valence-corrected chi connectivity index (χ0v) is 21.2. The number of hydrogen-bond acceptors (Lipinski definition) is 5. The van der Waals surface area contributed by atoms with Gasteiger partial charge in [-0.25, -0.2) is 9.78 Å². The summed E-state index contributed by atoms with van der Waals surface area (Å²) in [6.07, 6.45) is 3.43. The molecule has 28 heavy (non-hydrogen) atoms. The van der Waals surface area contributed by atoms with E-state index in [9.17, 15) is 4.79 Å². The van der Waals surface area contributed by atoms with Crippen molar-refractivity contribution in [1.29, 1.82) is 0 Å². The van der Waals surface area contributed by atoms with Crippen LogP contribution in [0.15, 0.2) is 11.2 Å². The van der Waals surface area contributed by atoms with Crippen molar-refractivity contribution in [3.63, 3.8) is 0 Å². The van der Waals surface area contributed by atoms with E-state index in [1.54, 1.807) is 18.4 Å². The standard InChI is InChI=1S/C19H35N5O2S.HI/c1-8-14-11-22-16(27-14)9-10-21-17(20-7)23-12-15(13(2)3)24-18(25)26-19(4,5)6;/h11,13,15H,8-10,12H2,1-7H3,(H,24,25)(H2,20,21,23);1H. The Morgan fingerprint density at radius 2 is 2.00 bits per heavy atom. The van der Waals surface area contributed by atoms with Crippen LogP contribution < -0.4 is 16.0 Å². The molecule has 1 aromatic rings. The number of aromatic nitrogens is 1. The summed E-state index contributed by atoms with van der Waals surface area (Å²) >= 11 is 1.75. The van der Waals surface area contributed by atoms with E-state index in [-0.39, 0.29) is 35.9 Å². The van der Waals surface area contributed by atoms with Gasteiger partial charge in [-0.2, -0.15) is 0 Å². The predicted octanol–water partition coefficient (Wildman–Crippen LogP) is 3.58. The normalized spacial score (nSPS) is 12.9. The highest BCUT2D eigenvalue weighted by Gasteiger charge is 2.21. The Morgan fingerprint density at radius 3 is 2.50 bits per heavy atom. The molecular formula is C19H36IN5O2S. The van der Waals surface area contributed by atoms with Crippen molar-refractivity contribution in [3.05, 3.63) is 16.1 Å². The highest BCUT2D eigenvalue weighted by molar-refractivity contribution is 14.0. The second-order valence-electron chi connectivity index (χ2n) is 7.70. The van der Waals surface area contributed by atoms with Crippen LogP contribution in [-0.2, 0) is 17.6 Å². The summed E-state index contributed by atoms with van der Waals surface area (Å²) in [6, 6.07) is -0.0653. The van der Waals surface area contributed by atoms with E-state index in [0.717, 1.165) is 24.4 Å². The fraction of sp³-hybridized carbons (Fsp3) is 0.737. The van der Waals surface area contributed by atoms with Crippen LogP contribution >= 0.6 is 35.3 Å². The van der Waals surface area contributed by atoms with Crippen molar-refractivity contribution < 1.29 is 9.53 Å². The molecule has 1 atom stereocenters. The zero-order valence-electron chi connectivity index (χ0n) is 18.1. The summed E-state index contributed by atoms with van der Waals surface area (Å²) in [7, 11) is 1.74. The molecule has 1 heterocycles. The number of ether oxygens (including phenoxy) is 1. The molecule has 162 valence electrons. The van der Waals surface area contributed by atoms with Gasteiger partial charge in [0.1, 0.15) is 5.60 Å². The maximum atomic E-state index is 12.0. The number of nitrogens with one attached hydrogen (secondary N) is 3. The van der Waals surface area contributed by atoms with Crippen LogP contribution in [-0.4, -0.2) is 48.8 Å². The van der Waals surface area contributed by atoms with Crippen LogP contribution in [0.2, 0.25) is 0 Å². The number of carbonyl (C=O) groups is 1. The molecule has 9 heteroatoms. The minimum atomic E-state index is -0.510. The number of guanidine groups is 1. The van der Waals surface area contributed by atoms with Gasteiger partial charge in [0.05, 0.1) is 11.0 Å². The van der Waals surface area contributed by atoms with Crippen LogP contribution in [0, 0.1) is 5.92 Å². The van der Waals surface area contributed by atoms with E-state index < -0.39 is 11.7 Å². The third kappa shape index (κ3) is 11.0. The number of nitrogens with zero attached hydrogens (tertiary/aromatic N) is 2. The maximum absolute atomic E-state index is 12.0. The number of aryl methyl sites for hydroxylation is 1. The van der Waals surface area contributed by atoms with Crippen LogP contribution in [0.3, 0.4) is 0 Å². The highest BCUT2D eigenvalue weighted by Crippen LogP contribution is 2.13. The summed E-state index contributed by atoms with van der Waals surface area (Å²) in [5.74, 6) is 0.963. The van der Waals surface area contributed by atoms with Gasteiger partial charge in [0.15, 0.2) is 5.96 Å². The number of aliphatic imine (C=N–C) groups is 1. The van der Waals surface area contributed by atoms with Crippen molar-refractivity contribution in [2.75, 3.05) is 20.1 Å². The van der Waals surface area contributed by atoms with Gasteiger partial charge in [0.25, 0.3) is 0 Å². The molecule has 0 saturated carbocycles. The molecule has 1 aromatic heterocycles. The molecule has 0 radical (unpaired) electrons. The predicted molar refractivity (Wildman–Crippen MR) is 128 cm³/mol. The molecule has 0 bridgehead atoms. The van der Waals surface area contributed by atoms with Gasteiger partial charge in [-0.3, -0.25) is 4.99 Å². The van der Waals surface area contributed by atoms with E-state index in [4.69, 9.17) is 4.74 Å². The van der Waals surface area contributed by atoms with Gasteiger partial charge < -0.3 is 20.7 Å². The fourth-order valence-corrected chi connectivity index (χ4v) is 3.12. The lowest BCUT2D eigenvalue weighted by molar-refractivity contribution is 0.0491. The summed E-state index contributed by atoms with van der Waals surface area (Å²) < 4.78 is 5.35. The van der Waals surface area contributed by atoms with E-state index in [2.05, 4.69) is 46.7 Å². The molecule has 3 N–H and O–H groups in total. The first-order valence-corrected chi connectivity index (χ1v) is 10.3. The molecule has 1 amide bonds. The molecular weight excluding hydrogens is 489 g/mol. The number of amides is 1. The van der Waals surface area contributed by atoms with Crippen LogP contribution in [0.25, 0.3) is 0 Å². The minimum Gasteiger partial charge on any atom is -0.444 e. The van der Waals surface area contributed by atoms with Gasteiger partial charge in [-0.1, -0.05) is 20.8 Å². The van der Waals surface area contributed by atoms with Gasteiger partial charge in [0.2, 0.25) is 0 Å². The fourth-order valence-electron chi connectivity index (χ4n) is 2.25. The SMILES string of the molecule is CCc1cnc(CCNC(=NC)NCC(NC(=O)OC(C)(C)C)C(C)C)s1.I. The average Bonchev–Trinajstić information content (AvgIpc) is 3.02. The third-order valence-corrected chi connectivity index (χ3v) is 5.00. The number of carbonyl (C=O) groups excluding carboxylic acids is 1. The Bertz CT molecular complexity index is 614. The van der Waals surface area contributed by atoms with Gasteiger partial charge in [-0.15, -0.1) is 35.3 Å². The second-order valence-corrected chi connectivity index (χ2v) is 8.90. The lowest BCUT2D eigenvalue weighted by Gasteiger charge is -2.26. The van der Waals surface area contributed by atoms with Gasteiger partial charge in [-0.05, 0) is 33.1 Å². The monoisotopic (exact) mass is 525 g/mol. The summed E-state index contributed by atoms with van der Waals surface area (Å²) in [5.41, 5.74) is -0.510. The van der Waals surface area contributed by atoms with Gasteiger partial charge in [0, 0.05) is 37.6 Å². The van der Waals surface area contributed by atoms with Crippen molar-refractivity contribution >= 4 is 47.4 Å². The molecule has 7 nitrogen and oxygen atoms in total. The van der Waals surface area contributed by atoms with E-state index in [1.165, 1.54) is 4.88 Å². The summed E-state index contributed by atoms with van der Waals surface area (Å²) in [5, 5.41) is 10.6. The average molecular weight is 526 g/mol. The molecule has 0 aliphatic rings. The Balaban J connectivity index is 0.00000729. The zero-order chi connectivity index (χ0) is 20.4. The Hall–Kier alpha value is -1.10. The largest absolute Gasteiger partial charge is 0.444 e. The van der Waals surface area contributed by atoms with E-state index in [0.29, 0.717) is 12.5 Å². The second kappa shape index (κ2) is 13.2. The number of thiazole rings is 1. The van der Waals surface area contributed by atoms with Crippen LogP contribution in [0.4, 0.5) is 4.79 Å². The summed E-state index contributed by atoms with van der Waals surface area (Å²) in [6.45, 7) is 13.1. The Labute approximate surface area is 190 Å². The molecule has 0 aliphatic carbocycles. The number of halogens is 1. The Morgan fingerprint density at radius 1 is 1.32 bits per heavy atom. The first kappa shape index (κ1) is 26.9. The first-order valence-electron chi connectivity index (χ1n) is 9.52. The van der Waals surface area contributed by atoms with Gasteiger partial charge >= 0.3 is 6.09 Å². The smallest absolute Gasteiger partial charge is 0.407 e. The molecule has 0 saturated heterocycles. The minimum absolute atomic E-state index is 0. The first-order chi connectivity index (χ1) is 12.6. The third-order valence-electron chi connectivity index (χ3n) is 3.80. The molecule has 1 unspecified atom stereocenters. The maximum Gasteiger partial charge on any atom is 0.407 e. The molecule has 0 aromatic carbocycles. The van der Waals surface area contributed by atoms with Crippen molar-refractivity contribution in [2.45, 2.75) is 66.0 Å². The number of hydrogen-bond donors (Lipinski definition) is 3. The van der Waals surface area contributed by atoms with Crippen molar-refractivity contribution in [2.24, 2.45) is 10.9 Å². The molecule has 1 rings (SSSR count). The van der Waals surface area contributed by atoms with E-state index >= 15 is 0 Å². The van der Waals surface area contributed by atoms with Crippen molar-refractivity contribution in [1.82, 2.24) is 20.9 Å². The molecule has 0 spiro atoms. The quantitative estimate of drug-likeness (QED) is 0.275. The number of rotatable bonds is 8. The van der Waals surface area contributed by atoms with Crippen LogP contribution in [0.1, 0.15) is 51.4 Å². The molecule has 0 fully saturated rings.